The van der Waals surface area contributed by atoms with Gasteiger partial charge in [-0.15, -0.1) is 0 Å². The molecular formula is C4H11NSi. The Morgan fingerprint density at radius 3 is 2.67 bits per heavy atom. The van der Waals surface area contributed by atoms with Gasteiger partial charge in [-0.3, -0.25) is 0 Å². The van der Waals surface area contributed by atoms with Crippen LogP contribution in [0.25, 0.3) is 0 Å². The Bertz CT molecular complexity index is 40.8. The van der Waals surface area contributed by atoms with Crippen molar-refractivity contribution in [1.82, 2.24) is 4.57 Å². The molecule has 0 unspecified atom stereocenters. The smallest absolute Gasteiger partial charge is 0.0947 e. The summed E-state index contributed by atoms with van der Waals surface area (Å²) in [6.07, 6.45) is 1.47. The highest BCUT2D eigenvalue weighted by Gasteiger charge is 2.04. The van der Waals surface area contributed by atoms with Gasteiger partial charge in [-0.1, -0.05) is 0 Å². The fourth-order valence-corrected chi connectivity index (χ4v) is 2.31. The van der Waals surface area contributed by atoms with Crippen LogP contribution in [0.15, 0.2) is 0 Å². The zero-order valence-corrected chi connectivity index (χ0v) is 5.69. The van der Waals surface area contributed by atoms with Crippen molar-refractivity contribution in [2.45, 2.75) is 12.5 Å². The summed E-state index contributed by atoms with van der Waals surface area (Å²) in [7, 11) is 2.54. The molecule has 1 fully saturated rings. The summed E-state index contributed by atoms with van der Waals surface area (Å²) >= 11 is 0. The molecule has 0 amide bonds. The topological polar surface area (TPSA) is 3.24 Å². The first kappa shape index (κ1) is 4.34. The van der Waals surface area contributed by atoms with E-state index in [4.69, 9.17) is 0 Å². The highest BCUT2D eigenvalue weighted by Crippen LogP contribution is 2.00. The van der Waals surface area contributed by atoms with Crippen LogP contribution in [0.4, 0.5) is 0 Å². The molecule has 0 spiro atoms. The Balaban J connectivity index is 2.18. The maximum Gasteiger partial charge on any atom is 0.0947 e. The summed E-state index contributed by atoms with van der Waals surface area (Å²) in [6, 6.07) is 1.55. The predicted molar refractivity (Wildman–Crippen MR) is 30.6 cm³/mol. The van der Waals surface area contributed by atoms with Crippen LogP contribution in [0.5, 0.6) is 0 Å². The van der Waals surface area contributed by atoms with Crippen molar-refractivity contribution in [3.63, 3.8) is 0 Å². The molecule has 0 saturated carbocycles. The van der Waals surface area contributed by atoms with E-state index in [1.54, 1.807) is 6.04 Å². The van der Waals surface area contributed by atoms with Crippen LogP contribution in [-0.2, 0) is 0 Å². The molecule has 36 valence electrons. The summed E-state index contributed by atoms with van der Waals surface area (Å²) in [6.45, 7) is 1.38. The minimum atomic E-state index is 0.301. The Kier molecular flexibility index (Phi) is 1.27. The summed E-state index contributed by atoms with van der Waals surface area (Å²) in [4.78, 5) is 0. The van der Waals surface area contributed by atoms with Gasteiger partial charge in [0.1, 0.15) is 0 Å². The zero-order chi connectivity index (χ0) is 4.41. The van der Waals surface area contributed by atoms with Crippen molar-refractivity contribution in [3.05, 3.63) is 0 Å². The third kappa shape index (κ3) is 0.818. The molecule has 1 aliphatic heterocycles. The summed E-state index contributed by atoms with van der Waals surface area (Å²) < 4.78 is 2.50. The monoisotopic (exact) mass is 101 g/mol. The number of hydrogen-bond donors (Lipinski definition) is 0. The van der Waals surface area contributed by atoms with E-state index in [0.29, 0.717) is 9.68 Å². The van der Waals surface area contributed by atoms with E-state index in [1.807, 2.05) is 0 Å². The molecule has 0 bridgehead atoms. The van der Waals surface area contributed by atoms with Crippen LogP contribution in [-0.4, -0.2) is 27.8 Å². The van der Waals surface area contributed by atoms with Crippen molar-refractivity contribution in [2.75, 3.05) is 13.6 Å². The second-order valence-corrected chi connectivity index (χ2v) is 4.24. The Morgan fingerprint density at radius 2 is 2.50 bits per heavy atom. The fourth-order valence-electron chi connectivity index (χ4n) is 0.875. The van der Waals surface area contributed by atoms with E-state index in [2.05, 4.69) is 11.6 Å². The van der Waals surface area contributed by atoms with E-state index >= 15 is 0 Å². The van der Waals surface area contributed by atoms with Crippen LogP contribution in [0.3, 0.4) is 0 Å². The third-order valence-corrected chi connectivity index (χ3v) is 3.23. The summed E-state index contributed by atoms with van der Waals surface area (Å²) in [5.74, 6) is 0. The molecule has 1 nitrogen and oxygen atoms in total. The van der Waals surface area contributed by atoms with Crippen molar-refractivity contribution in [3.8, 4) is 0 Å². The van der Waals surface area contributed by atoms with E-state index in [9.17, 15) is 0 Å². The van der Waals surface area contributed by atoms with Gasteiger partial charge >= 0.3 is 0 Å². The first-order valence-corrected chi connectivity index (χ1v) is 4.21. The van der Waals surface area contributed by atoms with Crippen molar-refractivity contribution >= 4 is 9.68 Å². The Hall–Kier alpha value is 0.177. The molecule has 0 aromatic heterocycles. The number of rotatable bonds is 0. The van der Waals surface area contributed by atoms with Crippen LogP contribution >= 0.6 is 0 Å². The lowest BCUT2D eigenvalue weighted by molar-refractivity contribution is 0.574. The fraction of sp³-hybridized carbons (Fsp3) is 1.00. The van der Waals surface area contributed by atoms with Gasteiger partial charge in [0.05, 0.1) is 9.68 Å². The molecular weight excluding hydrogens is 90.1 g/mol. The minimum Gasteiger partial charge on any atom is -0.332 e. The standard InChI is InChI=1S/C4H11NSi/c1-5-3-2-4-6-5/h2-4,6H2,1H3. The molecule has 2 heteroatoms. The van der Waals surface area contributed by atoms with Gasteiger partial charge in [0.2, 0.25) is 0 Å². The molecule has 1 rings (SSSR count). The molecule has 0 atom stereocenters. The average molecular weight is 101 g/mol. The average Bonchev–Trinajstić information content (AvgIpc) is 1.86. The number of hydrogen-bond acceptors (Lipinski definition) is 1. The molecule has 0 aliphatic carbocycles. The Labute approximate surface area is 41.2 Å². The molecule has 0 N–H and O–H groups in total. The Morgan fingerprint density at radius 1 is 1.67 bits per heavy atom. The van der Waals surface area contributed by atoms with Crippen molar-refractivity contribution < 1.29 is 0 Å². The van der Waals surface area contributed by atoms with Crippen LogP contribution in [0.1, 0.15) is 6.42 Å². The first-order valence-electron chi connectivity index (χ1n) is 2.58. The van der Waals surface area contributed by atoms with E-state index in [1.165, 1.54) is 13.0 Å². The minimum absolute atomic E-state index is 0.301. The van der Waals surface area contributed by atoms with Gasteiger partial charge in [0.25, 0.3) is 0 Å². The lowest BCUT2D eigenvalue weighted by atomic mass is 10.5. The van der Waals surface area contributed by atoms with E-state index in [-0.39, 0.29) is 0 Å². The predicted octanol–water partition coefficient (Wildman–Crippen LogP) is -0.176. The molecule has 1 aliphatic rings. The van der Waals surface area contributed by atoms with Gasteiger partial charge in [-0.05, 0) is 26.1 Å². The molecule has 1 heterocycles. The second-order valence-electron chi connectivity index (χ2n) is 2.01. The maximum atomic E-state index is 2.50. The lowest BCUT2D eigenvalue weighted by Crippen LogP contribution is -2.14. The van der Waals surface area contributed by atoms with Crippen LogP contribution in [0.2, 0.25) is 6.04 Å². The van der Waals surface area contributed by atoms with Gasteiger partial charge in [0.15, 0.2) is 0 Å². The molecule has 0 aromatic rings. The van der Waals surface area contributed by atoms with E-state index in [0.717, 1.165) is 0 Å². The molecule has 1 saturated heterocycles. The van der Waals surface area contributed by atoms with E-state index < -0.39 is 0 Å². The second kappa shape index (κ2) is 1.75. The van der Waals surface area contributed by atoms with Gasteiger partial charge in [-0.2, -0.15) is 0 Å². The largest absolute Gasteiger partial charge is 0.332 e. The van der Waals surface area contributed by atoms with Crippen LogP contribution < -0.4 is 0 Å². The van der Waals surface area contributed by atoms with Gasteiger partial charge in [0, 0.05) is 0 Å². The maximum absolute atomic E-state index is 2.50. The summed E-state index contributed by atoms with van der Waals surface area (Å²) in [5, 5.41) is 0. The van der Waals surface area contributed by atoms with Gasteiger partial charge < -0.3 is 4.57 Å². The highest BCUT2D eigenvalue weighted by atomic mass is 28.2. The summed E-state index contributed by atoms with van der Waals surface area (Å²) in [5.41, 5.74) is 0. The SMILES string of the molecule is CN1CCC[SiH2]1. The highest BCUT2D eigenvalue weighted by molar-refractivity contribution is 6.32. The zero-order valence-electron chi connectivity index (χ0n) is 4.28. The molecule has 0 aromatic carbocycles. The normalized spacial score (nSPS) is 29.5. The first-order chi connectivity index (χ1) is 2.89. The van der Waals surface area contributed by atoms with Crippen molar-refractivity contribution in [1.29, 1.82) is 0 Å². The van der Waals surface area contributed by atoms with Crippen molar-refractivity contribution in [2.24, 2.45) is 0 Å². The van der Waals surface area contributed by atoms with Gasteiger partial charge in [-0.25, -0.2) is 0 Å². The quantitative estimate of drug-likeness (QED) is 0.383. The van der Waals surface area contributed by atoms with Crippen LogP contribution in [0, 0.1) is 0 Å². The third-order valence-electron chi connectivity index (χ3n) is 1.33. The molecule has 6 heavy (non-hydrogen) atoms. The number of nitrogens with zero attached hydrogens (tertiary/aromatic N) is 1. The lowest BCUT2D eigenvalue weighted by Gasteiger charge is -2.01. The molecule has 0 radical (unpaired) electrons.